The van der Waals surface area contributed by atoms with Crippen molar-refractivity contribution in [1.82, 2.24) is 0 Å². The first kappa shape index (κ1) is 15.4. The number of hydrogen-bond acceptors (Lipinski definition) is 6. The van der Waals surface area contributed by atoms with Gasteiger partial charge in [0.25, 0.3) is 5.79 Å². The summed E-state index contributed by atoms with van der Waals surface area (Å²) in [6.07, 6.45) is 3.35. The molecular formula is C15H17NO4S. The van der Waals surface area contributed by atoms with Gasteiger partial charge >= 0.3 is 11.9 Å². The second-order valence-corrected chi connectivity index (χ2v) is 5.88. The lowest BCUT2D eigenvalue weighted by molar-refractivity contribution is -0.222. The van der Waals surface area contributed by atoms with Gasteiger partial charge < -0.3 is 14.8 Å². The number of carbonyl (C=O) groups excluding carboxylic acids is 2. The van der Waals surface area contributed by atoms with Gasteiger partial charge in [-0.25, -0.2) is 9.59 Å². The van der Waals surface area contributed by atoms with Crippen LogP contribution in [0.2, 0.25) is 0 Å². The van der Waals surface area contributed by atoms with Crippen molar-refractivity contribution >= 4 is 29.4 Å². The van der Waals surface area contributed by atoms with Crippen LogP contribution >= 0.6 is 11.8 Å². The minimum absolute atomic E-state index is 0.150. The molecule has 0 radical (unpaired) electrons. The number of nitrogens with one attached hydrogen (secondary N) is 1. The molecule has 2 rings (SSSR count). The first-order valence-corrected chi connectivity index (χ1v) is 7.82. The zero-order valence-electron chi connectivity index (χ0n) is 12.1. The van der Waals surface area contributed by atoms with Gasteiger partial charge in [0.2, 0.25) is 0 Å². The number of thioether (sulfide) groups is 1. The summed E-state index contributed by atoms with van der Waals surface area (Å²) in [6, 6.07) is 7.73. The number of ether oxygens (including phenoxy) is 2. The Morgan fingerprint density at radius 2 is 1.71 bits per heavy atom. The van der Waals surface area contributed by atoms with E-state index in [4.69, 9.17) is 9.47 Å². The molecule has 1 N–H and O–H groups in total. The third-order valence-corrected chi connectivity index (χ3v) is 3.39. The van der Waals surface area contributed by atoms with Crippen LogP contribution in [-0.4, -0.2) is 24.0 Å². The molecule has 0 atom stereocenters. The van der Waals surface area contributed by atoms with Gasteiger partial charge in [-0.1, -0.05) is 12.1 Å². The molecular weight excluding hydrogens is 290 g/mol. The van der Waals surface area contributed by atoms with Crippen molar-refractivity contribution in [3.8, 4) is 0 Å². The fourth-order valence-electron chi connectivity index (χ4n) is 1.80. The van der Waals surface area contributed by atoms with Crippen LogP contribution in [-0.2, 0) is 24.8 Å². The molecule has 1 aromatic carbocycles. The monoisotopic (exact) mass is 307 g/mol. The Morgan fingerprint density at radius 1 is 1.14 bits per heavy atom. The predicted molar refractivity (Wildman–Crippen MR) is 81.6 cm³/mol. The molecule has 0 aliphatic carbocycles. The number of benzene rings is 1. The topological polar surface area (TPSA) is 64.6 Å². The quantitative estimate of drug-likeness (QED) is 0.524. The fraction of sp³-hybridized carbons (Fsp3) is 0.333. The summed E-state index contributed by atoms with van der Waals surface area (Å²) in [5.74, 6) is -1.66. The average Bonchev–Trinajstić information content (AvgIpc) is 2.38. The molecule has 0 unspecified atom stereocenters. The minimum Gasteiger partial charge on any atom is -0.419 e. The maximum atomic E-state index is 11.7. The molecule has 0 amide bonds. The number of rotatable bonds is 4. The zero-order chi connectivity index (χ0) is 15.5. The largest absolute Gasteiger partial charge is 0.419 e. The van der Waals surface area contributed by atoms with Gasteiger partial charge in [-0.3, -0.25) is 0 Å². The normalized spacial score (nSPS) is 17.0. The lowest BCUT2D eigenvalue weighted by atomic mass is 10.2. The summed E-state index contributed by atoms with van der Waals surface area (Å²) < 4.78 is 10.0. The van der Waals surface area contributed by atoms with E-state index in [2.05, 4.69) is 5.32 Å². The Labute approximate surface area is 127 Å². The smallest absolute Gasteiger partial charge is 0.350 e. The summed E-state index contributed by atoms with van der Waals surface area (Å²) >= 11 is 1.74. The molecule has 1 aromatic rings. The molecule has 0 spiro atoms. The second-order valence-electron chi connectivity index (χ2n) is 5.01. The third-order valence-electron chi connectivity index (χ3n) is 2.76. The first-order valence-electron chi connectivity index (χ1n) is 6.42. The number of esters is 2. The van der Waals surface area contributed by atoms with Gasteiger partial charge in [0.1, 0.15) is 0 Å². The summed E-state index contributed by atoms with van der Waals surface area (Å²) in [4.78, 5) is 23.5. The van der Waals surface area contributed by atoms with Gasteiger partial charge in [0.05, 0.1) is 0 Å². The van der Waals surface area contributed by atoms with E-state index in [1.165, 1.54) is 25.6 Å². The Hall–Kier alpha value is -1.95. The molecule has 1 heterocycles. The van der Waals surface area contributed by atoms with Crippen molar-refractivity contribution in [3.05, 3.63) is 41.6 Å². The van der Waals surface area contributed by atoms with Gasteiger partial charge in [-0.05, 0) is 24.0 Å². The SMILES string of the molecule is CSCc1ccc(NC=C2C(=O)OC(C)(C)OC2=O)cc1. The summed E-state index contributed by atoms with van der Waals surface area (Å²) in [5.41, 5.74) is 1.83. The molecule has 5 nitrogen and oxygen atoms in total. The molecule has 0 aromatic heterocycles. The van der Waals surface area contributed by atoms with E-state index in [1.54, 1.807) is 11.8 Å². The Balaban J connectivity index is 2.06. The van der Waals surface area contributed by atoms with Gasteiger partial charge in [0.15, 0.2) is 5.57 Å². The van der Waals surface area contributed by atoms with E-state index in [9.17, 15) is 9.59 Å². The van der Waals surface area contributed by atoms with Gasteiger partial charge in [-0.15, -0.1) is 0 Å². The number of anilines is 1. The molecule has 1 saturated heterocycles. The third kappa shape index (κ3) is 4.01. The van der Waals surface area contributed by atoms with Crippen LogP contribution in [0, 0.1) is 0 Å². The van der Waals surface area contributed by atoms with Crippen molar-refractivity contribution in [2.24, 2.45) is 0 Å². The highest BCUT2D eigenvalue weighted by Gasteiger charge is 2.38. The Bertz CT molecular complexity index is 556. The van der Waals surface area contributed by atoms with Crippen LogP contribution in [0.15, 0.2) is 36.0 Å². The predicted octanol–water partition coefficient (Wildman–Crippen LogP) is 2.68. The molecule has 0 saturated carbocycles. The lowest BCUT2D eigenvalue weighted by Crippen LogP contribution is -2.42. The maximum Gasteiger partial charge on any atom is 0.350 e. The average molecular weight is 307 g/mol. The van der Waals surface area contributed by atoms with E-state index in [1.807, 2.05) is 30.5 Å². The van der Waals surface area contributed by atoms with Crippen molar-refractivity contribution in [1.29, 1.82) is 0 Å². The van der Waals surface area contributed by atoms with Crippen molar-refractivity contribution in [3.63, 3.8) is 0 Å². The summed E-state index contributed by atoms with van der Waals surface area (Å²) in [7, 11) is 0. The van der Waals surface area contributed by atoms with E-state index < -0.39 is 17.7 Å². The molecule has 1 fully saturated rings. The van der Waals surface area contributed by atoms with Crippen molar-refractivity contribution in [2.75, 3.05) is 11.6 Å². The van der Waals surface area contributed by atoms with Gasteiger partial charge in [-0.2, -0.15) is 11.8 Å². The van der Waals surface area contributed by atoms with Crippen LogP contribution in [0.1, 0.15) is 19.4 Å². The van der Waals surface area contributed by atoms with Gasteiger partial charge in [0, 0.05) is 31.5 Å². The summed E-state index contributed by atoms with van der Waals surface area (Å²) in [6.45, 7) is 3.02. The maximum absolute atomic E-state index is 11.7. The van der Waals surface area contributed by atoms with E-state index in [0.29, 0.717) is 0 Å². The molecule has 1 aliphatic rings. The molecule has 1 aliphatic heterocycles. The van der Waals surface area contributed by atoms with Crippen LogP contribution < -0.4 is 5.32 Å². The molecule has 112 valence electrons. The number of cyclic esters (lactones) is 2. The highest BCUT2D eigenvalue weighted by atomic mass is 32.2. The van der Waals surface area contributed by atoms with E-state index >= 15 is 0 Å². The van der Waals surface area contributed by atoms with Crippen LogP contribution in [0.25, 0.3) is 0 Å². The minimum atomic E-state index is -1.22. The Kier molecular flexibility index (Phi) is 4.57. The molecule has 21 heavy (non-hydrogen) atoms. The zero-order valence-corrected chi connectivity index (χ0v) is 13.0. The highest BCUT2D eigenvalue weighted by Crippen LogP contribution is 2.22. The lowest BCUT2D eigenvalue weighted by Gasteiger charge is -2.29. The van der Waals surface area contributed by atoms with E-state index in [-0.39, 0.29) is 5.57 Å². The van der Waals surface area contributed by atoms with Crippen molar-refractivity contribution < 1.29 is 19.1 Å². The molecule has 0 bridgehead atoms. The van der Waals surface area contributed by atoms with E-state index in [0.717, 1.165) is 11.4 Å². The first-order chi connectivity index (χ1) is 9.91. The van der Waals surface area contributed by atoms with Crippen LogP contribution in [0.3, 0.4) is 0 Å². The van der Waals surface area contributed by atoms with Crippen LogP contribution in [0.4, 0.5) is 5.69 Å². The standard InChI is InChI=1S/C15H17NO4S/c1-15(2)19-13(17)12(14(18)20-15)8-16-11-6-4-10(5-7-11)9-21-3/h4-8,16H,9H2,1-3H3. The molecule has 6 heteroatoms. The fourth-order valence-corrected chi connectivity index (χ4v) is 2.32. The summed E-state index contributed by atoms with van der Waals surface area (Å²) in [5, 5.41) is 2.90. The number of hydrogen-bond donors (Lipinski definition) is 1. The van der Waals surface area contributed by atoms with Crippen molar-refractivity contribution in [2.45, 2.75) is 25.4 Å². The highest BCUT2D eigenvalue weighted by molar-refractivity contribution is 7.97. The number of carbonyl (C=O) groups is 2. The Morgan fingerprint density at radius 3 is 2.24 bits per heavy atom. The second kappa shape index (κ2) is 6.22. The van der Waals surface area contributed by atoms with Crippen LogP contribution in [0.5, 0.6) is 0 Å².